The van der Waals surface area contributed by atoms with Crippen LogP contribution < -0.4 is 5.32 Å². The Balaban J connectivity index is 2.71. The molecule has 0 aliphatic carbocycles. The summed E-state index contributed by atoms with van der Waals surface area (Å²) in [5.41, 5.74) is 1.62. The van der Waals surface area contributed by atoms with E-state index in [0.717, 1.165) is 17.8 Å². The van der Waals surface area contributed by atoms with Crippen molar-refractivity contribution in [1.29, 1.82) is 0 Å². The van der Waals surface area contributed by atoms with E-state index in [1.54, 1.807) is 4.52 Å². The average molecular weight is 353 g/mol. The molecule has 0 aromatic carbocycles. The molecule has 1 unspecified atom stereocenters. The summed E-state index contributed by atoms with van der Waals surface area (Å²) in [7, 11) is 1.33. The SMILES string of the molecule is CCC(C)c1c(Cl)nc2c(C(=O)OC)cnn2c1N[C@@H](C)C(C)C. The van der Waals surface area contributed by atoms with Crippen molar-refractivity contribution in [2.24, 2.45) is 5.92 Å². The minimum atomic E-state index is -0.479. The van der Waals surface area contributed by atoms with Crippen molar-refractivity contribution in [3.8, 4) is 0 Å². The number of ether oxygens (including phenoxy) is 1. The zero-order valence-corrected chi connectivity index (χ0v) is 15.8. The van der Waals surface area contributed by atoms with Crippen molar-refractivity contribution in [2.45, 2.75) is 53.0 Å². The number of halogens is 1. The molecule has 0 saturated carbocycles. The second-order valence-electron chi connectivity index (χ2n) is 6.44. The van der Waals surface area contributed by atoms with Crippen LogP contribution in [0.3, 0.4) is 0 Å². The molecule has 0 aliphatic heterocycles. The van der Waals surface area contributed by atoms with Crippen molar-refractivity contribution in [1.82, 2.24) is 14.6 Å². The number of carbonyl (C=O) groups excluding carboxylic acids is 1. The molecule has 132 valence electrons. The van der Waals surface area contributed by atoms with Crippen LogP contribution in [0, 0.1) is 5.92 Å². The van der Waals surface area contributed by atoms with Crippen LogP contribution >= 0.6 is 11.6 Å². The van der Waals surface area contributed by atoms with Crippen molar-refractivity contribution in [3.63, 3.8) is 0 Å². The van der Waals surface area contributed by atoms with Gasteiger partial charge in [0.2, 0.25) is 0 Å². The molecule has 0 saturated heterocycles. The zero-order valence-electron chi connectivity index (χ0n) is 15.1. The number of nitrogens with zero attached hydrogens (tertiary/aromatic N) is 3. The van der Waals surface area contributed by atoms with Crippen LogP contribution in [-0.2, 0) is 4.74 Å². The first-order valence-electron chi connectivity index (χ1n) is 8.23. The van der Waals surface area contributed by atoms with E-state index in [1.165, 1.54) is 13.3 Å². The first kappa shape index (κ1) is 18.5. The third kappa shape index (κ3) is 3.34. The van der Waals surface area contributed by atoms with Crippen molar-refractivity contribution < 1.29 is 9.53 Å². The predicted molar refractivity (Wildman–Crippen MR) is 96.0 cm³/mol. The van der Waals surface area contributed by atoms with Crippen LogP contribution in [0.15, 0.2) is 6.20 Å². The third-order valence-corrected chi connectivity index (χ3v) is 4.80. The molecular weight excluding hydrogens is 328 g/mol. The van der Waals surface area contributed by atoms with Gasteiger partial charge in [-0.1, -0.05) is 39.3 Å². The number of nitrogens with one attached hydrogen (secondary N) is 1. The first-order chi connectivity index (χ1) is 11.3. The summed E-state index contributed by atoms with van der Waals surface area (Å²) in [6.45, 7) is 10.6. The second kappa shape index (κ2) is 7.38. The Bertz CT molecular complexity index is 742. The lowest BCUT2D eigenvalue weighted by atomic mass is 9.99. The Labute approximate surface area is 147 Å². The van der Waals surface area contributed by atoms with E-state index in [0.29, 0.717) is 22.3 Å². The fourth-order valence-electron chi connectivity index (χ4n) is 2.39. The van der Waals surface area contributed by atoms with Crippen molar-refractivity contribution in [2.75, 3.05) is 12.4 Å². The van der Waals surface area contributed by atoms with E-state index >= 15 is 0 Å². The molecule has 0 amide bonds. The van der Waals surface area contributed by atoms with Crippen LogP contribution in [0.1, 0.15) is 62.9 Å². The lowest BCUT2D eigenvalue weighted by Gasteiger charge is -2.24. The summed E-state index contributed by atoms with van der Waals surface area (Å²) in [5, 5.41) is 8.24. The molecule has 2 aromatic rings. The lowest BCUT2D eigenvalue weighted by molar-refractivity contribution is 0.0602. The fourth-order valence-corrected chi connectivity index (χ4v) is 2.75. The average Bonchev–Trinajstić information content (AvgIpc) is 2.96. The maximum absolute atomic E-state index is 11.9. The normalized spacial score (nSPS) is 14.0. The Kier molecular flexibility index (Phi) is 5.70. The minimum absolute atomic E-state index is 0.209. The largest absolute Gasteiger partial charge is 0.465 e. The molecule has 2 rings (SSSR count). The highest BCUT2D eigenvalue weighted by atomic mass is 35.5. The number of esters is 1. The standard InChI is InChI=1S/C17H25ClN4O2/c1-7-10(4)13-14(18)21-15-12(17(23)24-6)8-19-22(15)16(13)20-11(5)9(2)3/h8-11,20H,7H2,1-6H3/t10?,11-/m0/s1. The van der Waals surface area contributed by atoms with Gasteiger partial charge in [0.15, 0.2) is 5.65 Å². The molecule has 0 aliphatic rings. The van der Waals surface area contributed by atoms with Crippen molar-refractivity contribution in [3.05, 3.63) is 22.5 Å². The lowest BCUT2D eigenvalue weighted by Crippen LogP contribution is -2.25. The maximum Gasteiger partial charge on any atom is 0.343 e. The number of carbonyl (C=O) groups is 1. The van der Waals surface area contributed by atoms with Crippen LogP contribution in [0.25, 0.3) is 5.65 Å². The second-order valence-corrected chi connectivity index (χ2v) is 6.79. The minimum Gasteiger partial charge on any atom is -0.465 e. The summed E-state index contributed by atoms with van der Waals surface area (Å²) in [6.07, 6.45) is 2.39. The van der Waals surface area contributed by atoms with Gasteiger partial charge in [0.1, 0.15) is 16.5 Å². The molecule has 7 heteroatoms. The Morgan fingerprint density at radius 1 is 1.38 bits per heavy atom. The summed E-state index contributed by atoms with van der Waals surface area (Å²) < 4.78 is 6.46. The third-order valence-electron chi connectivity index (χ3n) is 4.51. The van der Waals surface area contributed by atoms with E-state index < -0.39 is 5.97 Å². The van der Waals surface area contributed by atoms with Gasteiger partial charge in [-0.2, -0.15) is 9.61 Å². The van der Waals surface area contributed by atoms with Gasteiger partial charge in [0.25, 0.3) is 0 Å². The number of anilines is 1. The van der Waals surface area contributed by atoms with Crippen LogP contribution in [0.4, 0.5) is 5.82 Å². The molecule has 0 spiro atoms. The molecule has 24 heavy (non-hydrogen) atoms. The van der Waals surface area contributed by atoms with Gasteiger partial charge in [0, 0.05) is 11.6 Å². The number of fused-ring (bicyclic) bond motifs is 1. The fraction of sp³-hybridized carbons (Fsp3) is 0.588. The predicted octanol–water partition coefficient (Wildman–Crippen LogP) is 4.14. The highest BCUT2D eigenvalue weighted by Gasteiger charge is 2.24. The smallest absolute Gasteiger partial charge is 0.343 e. The summed E-state index contributed by atoms with van der Waals surface area (Å²) >= 11 is 6.48. The highest BCUT2D eigenvalue weighted by Crippen LogP contribution is 2.34. The number of methoxy groups -OCH3 is 1. The monoisotopic (exact) mass is 352 g/mol. The molecule has 0 bridgehead atoms. The highest BCUT2D eigenvalue weighted by molar-refractivity contribution is 6.30. The first-order valence-corrected chi connectivity index (χ1v) is 8.61. The van der Waals surface area contributed by atoms with E-state index in [-0.39, 0.29) is 12.0 Å². The number of hydrogen-bond acceptors (Lipinski definition) is 5. The van der Waals surface area contributed by atoms with Crippen molar-refractivity contribution >= 4 is 29.0 Å². The van der Waals surface area contributed by atoms with E-state index in [9.17, 15) is 4.79 Å². The van der Waals surface area contributed by atoms with Crippen LogP contribution in [0.2, 0.25) is 5.15 Å². The number of aromatic nitrogens is 3. The summed E-state index contributed by atoms with van der Waals surface area (Å²) in [5.74, 6) is 0.942. The molecule has 2 atom stereocenters. The van der Waals surface area contributed by atoms with E-state index in [1.807, 2.05) is 0 Å². The number of hydrogen-bond donors (Lipinski definition) is 1. The number of rotatable bonds is 6. The summed E-state index contributed by atoms with van der Waals surface area (Å²) in [4.78, 5) is 16.3. The van der Waals surface area contributed by atoms with Gasteiger partial charge in [-0.3, -0.25) is 0 Å². The topological polar surface area (TPSA) is 68.5 Å². The van der Waals surface area contributed by atoms with Gasteiger partial charge in [-0.15, -0.1) is 0 Å². The van der Waals surface area contributed by atoms with Gasteiger partial charge >= 0.3 is 5.97 Å². The van der Waals surface area contributed by atoms with Gasteiger partial charge < -0.3 is 10.1 Å². The van der Waals surface area contributed by atoms with Gasteiger partial charge in [-0.25, -0.2) is 9.78 Å². The molecule has 2 aromatic heterocycles. The van der Waals surface area contributed by atoms with Gasteiger partial charge in [0.05, 0.1) is 13.3 Å². The maximum atomic E-state index is 11.9. The Morgan fingerprint density at radius 3 is 2.58 bits per heavy atom. The molecule has 1 N–H and O–H groups in total. The van der Waals surface area contributed by atoms with E-state index in [4.69, 9.17) is 16.3 Å². The molecule has 2 heterocycles. The van der Waals surface area contributed by atoms with Crippen LogP contribution in [0.5, 0.6) is 0 Å². The Morgan fingerprint density at radius 2 is 2.04 bits per heavy atom. The van der Waals surface area contributed by atoms with E-state index in [2.05, 4.69) is 50.0 Å². The quantitative estimate of drug-likeness (QED) is 0.625. The Hall–Kier alpha value is -1.82. The van der Waals surface area contributed by atoms with Gasteiger partial charge in [-0.05, 0) is 25.2 Å². The molecule has 6 nitrogen and oxygen atoms in total. The zero-order chi connectivity index (χ0) is 18.0. The molecule has 0 radical (unpaired) electrons. The summed E-state index contributed by atoms with van der Waals surface area (Å²) in [6, 6.07) is 0.209. The molecular formula is C17H25ClN4O2. The molecule has 0 fully saturated rings. The van der Waals surface area contributed by atoms with Crippen LogP contribution in [-0.4, -0.2) is 33.7 Å².